The van der Waals surface area contributed by atoms with Crippen molar-refractivity contribution >= 4 is 32.0 Å². The molecule has 0 radical (unpaired) electrons. The van der Waals surface area contributed by atoms with Crippen molar-refractivity contribution in [2.24, 2.45) is 0 Å². The minimum absolute atomic E-state index is 0.0297. The van der Waals surface area contributed by atoms with Gasteiger partial charge in [0.25, 0.3) is 14.4 Å². The van der Waals surface area contributed by atoms with Crippen LogP contribution in [0.3, 0.4) is 0 Å². The number of thioether (sulfide) groups is 1. The van der Waals surface area contributed by atoms with E-state index in [9.17, 15) is 14.9 Å². The number of nitrogens with one attached hydrogen (secondary N) is 1. The SMILES string of the molecule is CCSCCc1cc(NC(=O)c2ccccc2)nc(=O)n1[C@@H]1O[C@H](COC(c2ccccc2)(c2ccc(OC)cc2)c2ccc(OC)cc2)[C@@H](OP(OCCC#N)N(C(C)C)C(C)C)[C@H]1OCCOC. The number of aromatic nitrogens is 2. The van der Waals surface area contributed by atoms with Crippen LogP contribution in [-0.4, -0.2) is 110 Å². The van der Waals surface area contributed by atoms with Crippen molar-refractivity contribution in [1.29, 1.82) is 5.26 Å². The Bertz CT molecular complexity index is 2420. The predicted octanol–water partition coefficient (Wildman–Crippen LogP) is 9.41. The molecule has 0 bridgehead atoms. The van der Waals surface area contributed by atoms with Crippen LogP contribution in [0.4, 0.5) is 5.82 Å². The summed E-state index contributed by atoms with van der Waals surface area (Å²) in [7, 11) is 2.96. The number of anilines is 1. The number of carbonyl (C=O) groups excluding carboxylic acids is 1. The molecule has 5 atom stereocenters. The van der Waals surface area contributed by atoms with Crippen molar-refractivity contribution in [3.05, 3.63) is 154 Å². The first-order valence-corrected chi connectivity index (χ1v) is 25.8. The average Bonchev–Trinajstić information content (AvgIpc) is 3.70. The van der Waals surface area contributed by atoms with Gasteiger partial charge >= 0.3 is 5.69 Å². The van der Waals surface area contributed by atoms with Gasteiger partial charge in [-0.2, -0.15) is 22.0 Å². The number of nitriles is 1. The first kappa shape index (κ1) is 54.2. The van der Waals surface area contributed by atoms with Gasteiger partial charge < -0.3 is 42.8 Å². The minimum atomic E-state index is -1.88. The first-order chi connectivity index (χ1) is 34.0. The third kappa shape index (κ3) is 13.4. The molecule has 4 aromatic carbocycles. The lowest BCUT2D eigenvalue weighted by Crippen LogP contribution is -2.44. The topological polar surface area (TPSA) is 165 Å². The molecule has 1 amide bonds. The molecular weight excluding hydrogens is 930 g/mol. The quantitative estimate of drug-likeness (QED) is 0.0301. The number of carbonyl (C=O) groups is 1. The van der Waals surface area contributed by atoms with Gasteiger partial charge in [-0.3, -0.25) is 9.36 Å². The number of benzene rings is 4. The smallest absolute Gasteiger partial charge is 0.351 e. The number of ether oxygens (including phenoxy) is 6. The van der Waals surface area contributed by atoms with Crippen LogP contribution in [0.2, 0.25) is 0 Å². The number of hydrogen-bond acceptors (Lipinski definition) is 14. The average molecular weight is 996 g/mol. The van der Waals surface area contributed by atoms with E-state index in [1.807, 2.05) is 84.9 Å². The van der Waals surface area contributed by atoms with E-state index in [1.54, 1.807) is 63.4 Å². The summed E-state index contributed by atoms with van der Waals surface area (Å²) in [4.78, 5) is 32.6. The number of hydrogen-bond donors (Lipinski definition) is 1. The lowest BCUT2D eigenvalue weighted by Gasteiger charge is -2.39. The molecule has 1 aromatic heterocycles. The molecule has 5 aromatic rings. The van der Waals surface area contributed by atoms with E-state index in [2.05, 4.69) is 55.7 Å². The van der Waals surface area contributed by atoms with Crippen molar-refractivity contribution < 1.29 is 42.3 Å². The minimum Gasteiger partial charge on any atom is -0.497 e. The van der Waals surface area contributed by atoms with Crippen molar-refractivity contribution in [3.8, 4) is 17.6 Å². The van der Waals surface area contributed by atoms with E-state index in [1.165, 1.54) is 4.57 Å². The third-order valence-electron chi connectivity index (χ3n) is 11.7. The van der Waals surface area contributed by atoms with E-state index in [-0.39, 0.29) is 50.7 Å². The van der Waals surface area contributed by atoms with Gasteiger partial charge in [-0.05, 0) is 98.7 Å². The van der Waals surface area contributed by atoms with Gasteiger partial charge in [0.2, 0.25) is 0 Å². The Labute approximate surface area is 417 Å². The molecule has 70 heavy (non-hydrogen) atoms. The fourth-order valence-corrected chi connectivity index (χ4v) is 10.9. The summed E-state index contributed by atoms with van der Waals surface area (Å²) in [5.41, 5.74) is 1.55. The molecule has 1 unspecified atom stereocenters. The van der Waals surface area contributed by atoms with Crippen LogP contribution >= 0.6 is 20.3 Å². The third-order valence-corrected chi connectivity index (χ3v) is 14.7. The summed E-state index contributed by atoms with van der Waals surface area (Å²) in [6, 6.07) is 38.1. The molecule has 2 heterocycles. The van der Waals surface area contributed by atoms with Crippen molar-refractivity contribution in [2.75, 3.05) is 64.6 Å². The van der Waals surface area contributed by atoms with E-state index in [0.29, 0.717) is 34.9 Å². The highest BCUT2D eigenvalue weighted by Crippen LogP contribution is 2.51. The van der Waals surface area contributed by atoms with Crippen molar-refractivity contribution in [1.82, 2.24) is 14.2 Å². The van der Waals surface area contributed by atoms with Gasteiger partial charge in [0.05, 0.1) is 53.1 Å². The highest BCUT2D eigenvalue weighted by Gasteiger charge is 2.52. The summed E-state index contributed by atoms with van der Waals surface area (Å²) in [6.45, 7) is 10.7. The molecule has 374 valence electrons. The number of nitrogens with zero attached hydrogens (tertiary/aromatic N) is 4. The summed E-state index contributed by atoms with van der Waals surface area (Å²) >= 11 is 1.72. The molecule has 6 rings (SSSR count). The maximum Gasteiger partial charge on any atom is 0.351 e. The molecule has 0 spiro atoms. The van der Waals surface area contributed by atoms with Crippen LogP contribution in [0.5, 0.6) is 11.5 Å². The summed E-state index contributed by atoms with van der Waals surface area (Å²) in [6.07, 6.45) is -3.32. The molecule has 1 aliphatic heterocycles. The molecule has 0 saturated carbocycles. The Morgan fingerprint density at radius 2 is 1.46 bits per heavy atom. The number of aryl methyl sites for hydroxylation is 1. The van der Waals surface area contributed by atoms with Crippen LogP contribution < -0.4 is 20.5 Å². The zero-order valence-corrected chi connectivity index (χ0v) is 43.0. The van der Waals surface area contributed by atoms with Gasteiger partial charge in [0.15, 0.2) is 6.23 Å². The Morgan fingerprint density at radius 3 is 2.01 bits per heavy atom. The van der Waals surface area contributed by atoms with E-state index >= 15 is 0 Å². The first-order valence-electron chi connectivity index (χ1n) is 23.6. The molecule has 1 N–H and O–H groups in total. The number of rotatable bonds is 27. The molecular formula is C53H66N5O10PS. The number of amides is 1. The molecule has 0 aliphatic carbocycles. The maximum absolute atomic E-state index is 14.7. The van der Waals surface area contributed by atoms with Crippen LogP contribution in [0.15, 0.2) is 120 Å². The summed E-state index contributed by atoms with van der Waals surface area (Å²) < 4.78 is 55.5. The largest absolute Gasteiger partial charge is 0.497 e. The fraction of sp³-hybridized carbons (Fsp3) is 0.434. The summed E-state index contributed by atoms with van der Waals surface area (Å²) in [5, 5.41) is 12.4. The zero-order valence-electron chi connectivity index (χ0n) is 41.3. The fourth-order valence-electron chi connectivity index (χ4n) is 8.47. The van der Waals surface area contributed by atoms with Gasteiger partial charge in [-0.15, -0.1) is 0 Å². The van der Waals surface area contributed by atoms with Gasteiger partial charge in [0.1, 0.15) is 41.2 Å². The molecule has 1 saturated heterocycles. The van der Waals surface area contributed by atoms with Crippen molar-refractivity contribution in [3.63, 3.8) is 0 Å². The molecule has 1 aliphatic rings. The standard InChI is InChI=1S/C53H66N5O10PS/c1-9-70-34-29-43-35-47(55-50(59)39-17-12-10-13-18-39)56-52(60)57(43)51-49(64-33-32-61-6)48(68-69(66-31-16-30-54)58(37(2)3)38(4)5)46(67-51)36-65-53(40-19-14-11-15-20-40,41-21-25-44(62-7)26-22-41)42-23-27-45(63-8)28-24-42/h10-15,17-28,35,37-38,46,48-49,51H,9,16,29,31-34,36H2,1-8H3,(H,55,56,59,60)/t46-,48-,49-,51-,69?/m1/s1. The van der Waals surface area contributed by atoms with Crippen LogP contribution in [0.25, 0.3) is 0 Å². The highest BCUT2D eigenvalue weighted by molar-refractivity contribution is 7.99. The second-order valence-corrected chi connectivity index (χ2v) is 19.7. The van der Waals surface area contributed by atoms with Gasteiger partial charge in [-0.1, -0.05) is 79.7 Å². The monoisotopic (exact) mass is 995 g/mol. The summed E-state index contributed by atoms with van der Waals surface area (Å²) in [5.74, 6) is 2.58. The second-order valence-electron chi connectivity index (χ2n) is 16.9. The Balaban J connectivity index is 1.54. The second kappa shape index (κ2) is 26.9. The number of methoxy groups -OCH3 is 3. The molecule has 1 fully saturated rings. The van der Waals surface area contributed by atoms with E-state index in [4.69, 9.17) is 37.5 Å². The lowest BCUT2D eigenvalue weighted by atomic mass is 9.80. The van der Waals surface area contributed by atoms with Gasteiger partial charge in [0, 0.05) is 36.5 Å². The van der Waals surface area contributed by atoms with Crippen LogP contribution in [-0.2, 0) is 40.0 Å². The lowest BCUT2D eigenvalue weighted by molar-refractivity contribution is -0.0998. The zero-order chi connectivity index (χ0) is 50.0. The van der Waals surface area contributed by atoms with Gasteiger partial charge in [-0.25, -0.2) is 9.46 Å². The van der Waals surface area contributed by atoms with Crippen LogP contribution in [0.1, 0.15) is 80.0 Å². The molecule has 15 nitrogen and oxygen atoms in total. The van der Waals surface area contributed by atoms with E-state index < -0.39 is 50.3 Å². The Hall–Kier alpha value is -5.18. The van der Waals surface area contributed by atoms with E-state index in [0.717, 1.165) is 22.4 Å². The van der Waals surface area contributed by atoms with Crippen LogP contribution in [0, 0.1) is 11.3 Å². The maximum atomic E-state index is 14.7. The Kier molecular flexibility index (Phi) is 20.8. The van der Waals surface area contributed by atoms with Crippen molar-refractivity contribution in [2.45, 2.75) is 89.7 Å². The normalized spacial score (nSPS) is 17.5. The predicted molar refractivity (Wildman–Crippen MR) is 273 cm³/mol. The highest BCUT2D eigenvalue weighted by atomic mass is 32.2. The molecule has 17 heteroatoms. The Morgan fingerprint density at radius 1 is 0.857 bits per heavy atom.